The van der Waals surface area contributed by atoms with Gasteiger partial charge in [-0.25, -0.2) is 0 Å². The molecule has 1 heterocycles. The summed E-state index contributed by atoms with van der Waals surface area (Å²) in [5.74, 6) is 0.347. The van der Waals surface area contributed by atoms with Gasteiger partial charge in [0.25, 0.3) is 5.69 Å². The molecule has 2 aromatic rings. The van der Waals surface area contributed by atoms with Crippen molar-refractivity contribution in [3.05, 3.63) is 46.3 Å². The van der Waals surface area contributed by atoms with Crippen LogP contribution in [0.4, 0.5) is 11.4 Å². The Hall–Kier alpha value is -2.68. The van der Waals surface area contributed by atoms with E-state index in [9.17, 15) is 10.1 Å². The Morgan fingerprint density at radius 2 is 2.32 bits per heavy atom. The number of thiocarbonyl (C=S) groups is 1. The van der Waals surface area contributed by atoms with E-state index in [2.05, 4.69) is 15.7 Å². The molecule has 2 rings (SSSR count). The average molecular weight is 321 g/mol. The molecule has 0 aliphatic rings. The quantitative estimate of drug-likeness (QED) is 0.493. The average Bonchev–Trinajstić information content (AvgIpc) is 2.91. The van der Waals surface area contributed by atoms with Crippen molar-refractivity contribution in [3.8, 4) is 5.75 Å². The maximum Gasteiger partial charge on any atom is 0.273 e. The predicted molar refractivity (Wildman–Crippen MR) is 85.9 cm³/mol. The monoisotopic (exact) mass is 321 g/mol. The molecule has 0 fully saturated rings. The Balaban J connectivity index is 2.00. The van der Waals surface area contributed by atoms with Gasteiger partial charge in [0.15, 0.2) is 5.11 Å². The molecule has 8 nitrogen and oxygen atoms in total. The van der Waals surface area contributed by atoms with Crippen molar-refractivity contribution in [2.24, 2.45) is 7.05 Å². The zero-order chi connectivity index (χ0) is 16.1. The number of hydrogen-bond donors (Lipinski definition) is 2. The second kappa shape index (κ2) is 6.85. The smallest absolute Gasteiger partial charge is 0.273 e. The molecule has 1 aromatic heterocycles. The van der Waals surface area contributed by atoms with Crippen molar-refractivity contribution in [1.82, 2.24) is 15.1 Å². The number of nitro groups is 1. The normalized spacial score (nSPS) is 10.1. The van der Waals surface area contributed by atoms with Gasteiger partial charge in [-0.1, -0.05) is 0 Å². The molecular weight excluding hydrogens is 306 g/mol. The van der Waals surface area contributed by atoms with E-state index in [0.717, 1.165) is 5.56 Å². The zero-order valence-corrected chi connectivity index (χ0v) is 12.9. The standard InChI is InChI=1S/C13H15N5O3S/c1-17-8-9(7-15-17)6-14-13(22)16-11-4-3-10(18(19)20)5-12(11)21-2/h3-5,7-8H,6H2,1-2H3,(H2,14,16,22). The van der Waals surface area contributed by atoms with Gasteiger partial charge in [-0.05, 0) is 18.3 Å². The van der Waals surface area contributed by atoms with Gasteiger partial charge in [-0.15, -0.1) is 0 Å². The third-order valence-electron chi connectivity index (χ3n) is 2.86. The number of aromatic nitrogens is 2. The first-order valence-corrected chi connectivity index (χ1v) is 6.75. The lowest BCUT2D eigenvalue weighted by molar-refractivity contribution is -0.384. The van der Waals surface area contributed by atoms with Crippen LogP contribution >= 0.6 is 12.2 Å². The number of hydrogen-bond acceptors (Lipinski definition) is 5. The number of non-ortho nitro benzene ring substituents is 1. The van der Waals surface area contributed by atoms with Crippen molar-refractivity contribution in [2.45, 2.75) is 6.54 Å². The number of anilines is 1. The molecule has 2 N–H and O–H groups in total. The summed E-state index contributed by atoms with van der Waals surface area (Å²) in [4.78, 5) is 10.3. The molecule has 9 heteroatoms. The first-order chi connectivity index (χ1) is 10.5. The molecular formula is C13H15N5O3S. The minimum Gasteiger partial charge on any atom is -0.494 e. The van der Waals surface area contributed by atoms with Crippen molar-refractivity contribution in [3.63, 3.8) is 0 Å². The molecule has 0 bridgehead atoms. The molecule has 0 spiro atoms. The Bertz CT molecular complexity index is 701. The number of nitrogens with one attached hydrogen (secondary N) is 2. The van der Waals surface area contributed by atoms with Crippen LogP contribution in [0.1, 0.15) is 5.56 Å². The van der Waals surface area contributed by atoms with E-state index in [-0.39, 0.29) is 5.69 Å². The van der Waals surface area contributed by atoms with Gasteiger partial charge in [0.05, 0.1) is 30.0 Å². The van der Waals surface area contributed by atoms with Crippen molar-refractivity contribution in [2.75, 3.05) is 12.4 Å². The van der Waals surface area contributed by atoms with Gasteiger partial charge in [0.2, 0.25) is 0 Å². The maximum atomic E-state index is 10.7. The van der Waals surface area contributed by atoms with E-state index in [1.165, 1.54) is 19.2 Å². The summed E-state index contributed by atoms with van der Waals surface area (Å²) in [5.41, 5.74) is 1.50. The number of nitrogens with zero attached hydrogens (tertiary/aromatic N) is 3. The molecule has 0 saturated heterocycles. The Kier molecular flexibility index (Phi) is 4.89. The molecule has 0 aliphatic carbocycles. The van der Waals surface area contributed by atoms with E-state index in [0.29, 0.717) is 23.1 Å². The Morgan fingerprint density at radius 3 is 2.91 bits per heavy atom. The predicted octanol–water partition coefficient (Wildman–Crippen LogP) is 1.82. The summed E-state index contributed by atoms with van der Waals surface area (Å²) in [6.07, 6.45) is 3.62. The fraction of sp³-hybridized carbons (Fsp3) is 0.231. The highest BCUT2D eigenvalue weighted by atomic mass is 32.1. The molecule has 22 heavy (non-hydrogen) atoms. The number of methoxy groups -OCH3 is 1. The van der Waals surface area contributed by atoms with Crippen molar-refractivity contribution < 1.29 is 9.66 Å². The lowest BCUT2D eigenvalue weighted by Crippen LogP contribution is -2.27. The molecule has 1 aromatic carbocycles. The highest BCUT2D eigenvalue weighted by Crippen LogP contribution is 2.28. The fourth-order valence-electron chi connectivity index (χ4n) is 1.81. The number of nitro benzene ring substituents is 1. The minimum atomic E-state index is -0.481. The largest absolute Gasteiger partial charge is 0.494 e. The molecule has 0 saturated carbocycles. The summed E-state index contributed by atoms with van der Waals surface area (Å²) in [5, 5.41) is 21.2. The van der Waals surface area contributed by atoms with Gasteiger partial charge >= 0.3 is 0 Å². The molecule has 0 amide bonds. The van der Waals surface area contributed by atoms with E-state index in [4.69, 9.17) is 17.0 Å². The summed E-state index contributed by atoms with van der Waals surface area (Å²) >= 11 is 5.20. The number of ether oxygens (including phenoxy) is 1. The SMILES string of the molecule is COc1cc([N+](=O)[O-])ccc1NC(=S)NCc1cnn(C)c1. The summed E-state index contributed by atoms with van der Waals surface area (Å²) in [7, 11) is 3.28. The van der Waals surface area contributed by atoms with E-state index >= 15 is 0 Å². The molecule has 0 radical (unpaired) electrons. The van der Waals surface area contributed by atoms with Gasteiger partial charge in [-0.2, -0.15) is 5.10 Å². The molecule has 116 valence electrons. The number of rotatable bonds is 5. The van der Waals surface area contributed by atoms with Crippen LogP contribution in [0.2, 0.25) is 0 Å². The number of aryl methyl sites for hydroxylation is 1. The van der Waals surface area contributed by atoms with Crippen LogP contribution in [-0.2, 0) is 13.6 Å². The van der Waals surface area contributed by atoms with Crippen LogP contribution in [0.25, 0.3) is 0 Å². The van der Waals surface area contributed by atoms with Gasteiger partial charge < -0.3 is 15.4 Å². The second-order valence-corrected chi connectivity index (χ2v) is 4.88. The number of benzene rings is 1. The van der Waals surface area contributed by atoms with Crippen LogP contribution in [0.3, 0.4) is 0 Å². The first kappa shape index (κ1) is 15.7. The van der Waals surface area contributed by atoms with E-state index in [1.807, 2.05) is 13.2 Å². The zero-order valence-electron chi connectivity index (χ0n) is 12.1. The van der Waals surface area contributed by atoms with Gasteiger partial charge in [-0.3, -0.25) is 14.8 Å². The van der Waals surface area contributed by atoms with Crippen LogP contribution in [-0.4, -0.2) is 26.9 Å². The summed E-state index contributed by atoms with van der Waals surface area (Å²) < 4.78 is 6.84. The van der Waals surface area contributed by atoms with Crippen molar-refractivity contribution in [1.29, 1.82) is 0 Å². The maximum absolute atomic E-state index is 10.7. The van der Waals surface area contributed by atoms with Gasteiger partial charge in [0, 0.05) is 31.4 Å². The van der Waals surface area contributed by atoms with Crippen LogP contribution in [0.5, 0.6) is 5.75 Å². The third-order valence-corrected chi connectivity index (χ3v) is 3.10. The lowest BCUT2D eigenvalue weighted by atomic mass is 10.2. The summed E-state index contributed by atoms with van der Waals surface area (Å²) in [6.45, 7) is 0.523. The first-order valence-electron chi connectivity index (χ1n) is 6.34. The minimum absolute atomic E-state index is 0.0448. The topological polar surface area (TPSA) is 94.2 Å². The summed E-state index contributed by atoms with van der Waals surface area (Å²) in [6, 6.07) is 4.27. The Labute approximate surface area is 132 Å². The van der Waals surface area contributed by atoms with Gasteiger partial charge in [0.1, 0.15) is 5.75 Å². The molecule has 0 aliphatic heterocycles. The fourth-order valence-corrected chi connectivity index (χ4v) is 1.99. The third kappa shape index (κ3) is 3.92. The van der Waals surface area contributed by atoms with Crippen LogP contribution in [0, 0.1) is 10.1 Å². The van der Waals surface area contributed by atoms with Crippen LogP contribution < -0.4 is 15.4 Å². The van der Waals surface area contributed by atoms with Crippen LogP contribution in [0.15, 0.2) is 30.6 Å². The lowest BCUT2D eigenvalue weighted by Gasteiger charge is -2.12. The van der Waals surface area contributed by atoms with Crippen molar-refractivity contribution >= 4 is 28.7 Å². The van der Waals surface area contributed by atoms with E-state index < -0.39 is 4.92 Å². The molecule has 0 atom stereocenters. The highest BCUT2D eigenvalue weighted by Gasteiger charge is 2.12. The second-order valence-electron chi connectivity index (χ2n) is 4.47. The van der Waals surface area contributed by atoms with E-state index in [1.54, 1.807) is 16.9 Å². The molecule has 0 unspecified atom stereocenters. The highest BCUT2D eigenvalue weighted by molar-refractivity contribution is 7.80. The Morgan fingerprint density at radius 1 is 1.55 bits per heavy atom.